The number of ether oxygens (including phenoxy) is 1. The Kier molecular flexibility index (Phi) is 5.02. The number of hydrogen-bond donors (Lipinski definition) is 1. The summed E-state index contributed by atoms with van der Waals surface area (Å²) < 4.78 is 5.71. The van der Waals surface area contributed by atoms with Crippen molar-refractivity contribution in [2.75, 3.05) is 26.2 Å². The SMILES string of the molecule is ON=Cc1cccc(OCCN2CCCCC2)c1. The molecule has 98 valence electrons. The molecule has 0 aliphatic carbocycles. The zero-order valence-electron chi connectivity index (χ0n) is 10.6. The van der Waals surface area contributed by atoms with Gasteiger partial charge < -0.3 is 9.94 Å². The van der Waals surface area contributed by atoms with Gasteiger partial charge in [0.25, 0.3) is 0 Å². The lowest BCUT2D eigenvalue weighted by molar-refractivity contribution is 0.183. The molecular weight excluding hydrogens is 228 g/mol. The highest BCUT2D eigenvalue weighted by atomic mass is 16.5. The van der Waals surface area contributed by atoms with Gasteiger partial charge in [-0.25, -0.2) is 0 Å². The first-order chi connectivity index (χ1) is 8.88. The molecule has 0 aromatic heterocycles. The first-order valence-electron chi connectivity index (χ1n) is 6.51. The van der Waals surface area contributed by atoms with E-state index in [-0.39, 0.29) is 0 Å². The van der Waals surface area contributed by atoms with Crippen LogP contribution in [0.2, 0.25) is 0 Å². The van der Waals surface area contributed by atoms with E-state index in [1.807, 2.05) is 24.3 Å². The fraction of sp³-hybridized carbons (Fsp3) is 0.500. The molecule has 4 heteroatoms. The third kappa shape index (κ3) is 4.04. The standard InChI is InChI=1S/C14H20N2O2/c17-15-12-13-5-4-6-14(11-13)18-10-9-16-7-2-1-3-8-16/h4-6,11-12,17H,1-3,7-10H2. The van der Waals surface area contributed by atoms with Crippen molar-refractivity contribution < 1.29 is 9.94 Å². The summed E-state index contributed by atoms with van der Waals surface area (Å²) in [6.45, 7) is 4.08. The Morgan fingerprint density at radius 3 is 2.89 bits per heavy atom. The second kappa shape index (κ2) is 7.01. The van der Waals surface area contributed by atoms with E-state index in [0.29, 0.717) is 6.61 Å². The Labute approximate surface area is 108 Å². The number of likely N-dealkylation sites (tertiary alicyclic amines) is 1. The molecule has 1 saturated heterocycles. The molecule has 1 aliphatic heterocycles. The van der Waals surface area contributed by atoms with Crippen LogP contribution in [0.1, 0.15) is 24.8 Å². The lowest BCUT2D eigenvalue weighted by Gasteiger charge is -2.26. The van der Waals surface area contributed by atoms with Crippen LogP contribution < -0.4 is 4.74 Å². The van der Waals surface area contributed by atoms with E-state index in [1.165, 1.54) is 38.6 Å². The predicted molar refractivity (Wildman–Crippen MR) is 71.6 cm³/mol. The molecular formula is C14H20N2O2. The molecule has 1 N–H and O–H groups in total. The number of benzene rings is 1. The van der Waals surface area contributed by atoms with E-state index in [9.17, 15) is 0 Å². The van der Waals surface area contributed by atoms with Crippen LogP contribution in [0.3, 0.4) is 0 Å². The zero-order valence-corrected chi connectivity index (χ0v) is 10.6. The highest BCUT2D eigenvalue weighted by Crippen LogP contribution is 2.13. The van der Waals surface area contributed by atoms with E-state index in [4.69, 9.17) is 9.94 Å². The average Bonchev–Trinajstić information content (AvgIpc) is 2.41. The van der Waals surface area contributed by atoms with Gasteiger partial charge in [0.15, 0.2) is 0 Å². The fourth-order valence-corrected chi connectivity index (χ4v) is 2.23. The van der Waals surface area contributed by atoms with Crippen LogP contribution in [0.15, 0.2) is 29.4 Å². The van der Waals surface area contributed by atoms with Gasteiger partial charge in [-0.15, -0.1) is 0 Å². The van der Waals surface area contributed by atoms with Crippen LogP contribution in [0.4, 0.5) is 0 Å². The molecule has 1 aliphatic rings. The average molecular weight is 248 g/mol. The van der Waals surface area contributed by atoms with Crippen LogP contribution in [-0.2, 0) is 0 Å². The minimum atomic E-state index is 0.708. The summed E-state index contributed by atoms with van der Waals surface area (Å²) in [6, 6.07) is 7.56. The summed E-state index contributed by atoms with van der Waals surface area (Å²) in [5.74, 6) is 0.824. The van der Waals surface area contributed by atoms with Crippen molar-refractivity contribution in [3.05, 3.63) is 29.8 Å². The molecule has 0 radical (unpaired) electrons. The van der Waals surface area contributed by atoms with Gasteiger partial charge in [-0.2, -0.15) is 0 Å². The summed E-state index contributed by atoms with van der Waals surface area (Å²) >= 11 is 0. The van der Waals surface area contributed by atoms with Gasteiger partial charge in [-0.3, -0.25) is 4.90 Å². The van der Waals surface area contributed by atoms with Crippen molar-refractivity contribution in [3.8, 4) is 5.75 Å². The Bertz CT molecular complexity index is 387. The van der Waals surface area contributed by atoms with Gasteiger partial charge in [-0.1, -0.05) is 23.7 Å². The van der Waals surface area contributed by atoms with Crippen molar-refractivity contribution >= 4 is 6.21 Å². The molecule has 4 nitrogen and oxygen atoms in total. The maximum atomic E-state index is 8.48. The van der Waals surface area contributed by atoms with E-state index in [2.05, 4.69) is 10.1 Å². The summed E-state index contributed by atoms with van der Waals surface area (Å²) in [5, 5.41) is 11.5. The molecule has 1 aromatic carbocycles. The maximum absolute atomic E-state index is 8.48. The summed E-state index contributed by atoms with van der Waals surface area (Å²) in [5.41, 5.74) is 0.841. The maximum Gasteiger partial charge on any atom is 0.120 e. The third-order valence-electron chi connectivity index (χ3n) is 3.19. The largest absolute Gasteiger partial charge is 0.492 e. The second-order valence-corrected chi connectivity index (χ2v) is 4.57. The van der Waals surface area contributed by atoms with Gasteiger partial charge in [0, 0.05) is 6.54 Å². The van der Waals surface area contributed by atoms with Crippen molar-refractivity contribution in [3.63, 3.8) is 0 Å². The topological polar surface area (TPSA) is 45.1 Å². The molecule has 0 atom stereocenters. The molecule has 0 spiro atoms. The van der Waals surface area contributed by atoms with E-state index in [0.717, 1.165) is 17.9 Å². The quantitative estimate of drug-likeness (QED) is 0.494. The number of piperidine rings is 1. The molecule has 1 aromatic rings. The third-order valence-corrected chi connectivity index (χ3v) is 3.19. The van der Waals surface area contributed by atoms with E-state index < -0.39 is 0 Å². The van der Waals surface area contributed by atoms with E-state index in [1.54, 1.807) is 0 Å². The zero-order chi connectivity index (χ0) is 12.6. The number of nitrogens with zero attached hydrogens (tertiary/aromatic N) is 2. The smallest absolute Gasteiger partial charge is 0.120 e. The van der Waals surface area contributed by atoms with Gasteiger partial charge in [-0.05, 0) is 43.6 Å². The summed E-state index contributed by atoms with van der Waals surface area (Å²) in [6.07, 6.45) is 5.38. The lowest BCUT2D eigenvalue weighted by Crippen LogP contribution is -2.33. The van der Waals surface area contributed by atoms with Gasteiger partial charge in [0.05, 0.1) is 6.21 Å². The first-order valence-corrected chi connectivity index (χ1v) is 6.51. The molecule has 0 bridgehead atoms. The minimum absolute atomic E-state index is 0.708. The van der Waals surface area contributed by atoms with Crippen molar-refractivity contribution in [2.45, 2.75) is 19.3 Å². The van der Waals surface area contributed by atoms with Crippen molar-refractivity contribution in [1.29, 1.82) is 0 Å². The van der Waals surface area contributed by atoms with Crippen LogP contribution in [0.25, 0.3) is 0 Å². The number of oxime groups is 1. The monoisotopic (exact) mass is 248 g/mol. The predicted octanol–water partition coefficient (Wildman–Crippen LogP) is 2.36. The fourth-order valence-electron chi connectivity index (χ4n) is 2.23. The molecule has 1 heterocycles. The lowest BCUT2D eigenvalue weighted by atomic mass is 10.1. The second-order valence-electron chi connectivity index (χ2n) is 4.57. The normalized spacial score (nSPS) is 17.1. The van der Waals surface area contributed by atoms with Crippen molar-refractivity contribution in [2.24, 2.45) is 5.16 Å². The van der Waals surface area contributed by atoms with Crippen molar-refractivity contribution in [1.82, 2.24) is 4.90 Å². The minimum Gasteiger partial charge on any atom is -0.492 e. The highest BCUT2D eigenvalue weighted by molar-refractivity contribution is 5.79. The number of rotatable bonds is 5. The molecule has 1 fully saturated rings. The van der Waals surface area contributed by atoms with Crippen LogP contribution in [0, 0.1) is 0 Å². The van der Waals surface area contributed by atoms with Crippen LogP contribution in [0.5, 0.6) is 5.75 Å². The summed E-state index contributed by atoms with van der Waals surface area (Å²) in [7, 11) is 0. The first kappa shape index (κ1) is 12.9. The molecule has 2 rings (SSSR count). The Hall–Kier alpha value is -1.55. The molecule has 0 saturated carbocycles. The number of hydrogen-bond acceptors (Lipinski definition) is 4. The Morgan fingerprint density at radius 2 is 2.11 bits per heavy atom. The Morgan fingerprint density at radius 1 is 1.28 bits per heavy atom. The molecule has 18 heavy (non-hydrogen) atoms. The highest BCUT2D eigenvalue weighted by Gasteiger charge is 2.09. The van der Waals surface area contributed by atoms with Crippen LogP contribution in [-0.4, -0.2) is 42.6 Å². The van der Waals surface area contributed by atoms with Gasteiger partial charge in [0.1, 0.15) is 12.4 Å². The van der Waals surface area contributed by atoms with Gasteiger partial charge >= 0.3 is 0 Å². The van der Waals surface area contributed by atoms with Gasteiger partial charge in [0.2, 0.25) is 0 Å². The summed E-state index contributed by atoms with van der Waals surface area (Å²) in [4.78, 5) is 2.45. The molecule has 0 amide bonds. The van der Waals surface area contributed by atoms with Crippen LogP contribution >= 0.6 is 0 Å². The van der Waals surface area contributed by atoms with E-state index >= 15 is 0 Å². The molecule has 0 unspecified atom stereocenters. The Balaban J connectivity index is 1.77.